The fourth-order valence-electron chi connectivity index (χ4n) is 2.29. The molecule has 0 saturated heterocycles. The standard InChI is InChI=1S/C15H10O3/c16-11-5-6-13-10(8-11)7-9-3-1-2-4-12(9)14(13)15(17)18/h1-8,16H,(H,17,18). The molecular formula is C15H10O3. The summed E-state index contributed by atoms with van der Waals surface area (Å²) in [7, 11) is 0. The minimum Gasteiger partial charge on any atom is -0.508 e. The van der Waals surface area contributed by atoms with Gasteiger partial charge in [-0.3, -0.25) is 0 Å². The van der Waals surface area contributed by atoms with Gasteiger partial charge in [0.1, 0.15) is 5.75 Å². The average molecular weight is 238 g/mol. The molecule has 2 N–H and O–H groups in total. The van der Waals surface area contributed by atoms with Crippen LogP contribution in [0.3, 0.4) is 0 Å². The molecule has 0 unspecified atom stereocenters. The highest BCUT2D eigenvalue weighted by Gasteiger charge is 2.13. The number of hydrogen-bond acceptors (Lipinski definition) is 2. The second kappa shape index (κ2) is 3.74. The van der Waals surface area contributed by atoms with Gasteiger partial charge in [0, 0.05) is 0 Å². The Morgan fingerprint density at radius 1 is 0.889 bits per heavy atom. The van der Waals surface area contributed by atoms with Crippen molar-refractivity contribution in [2.24, 2.45) is 0 Å². The third kappa shape index (κ3) is 1.49. The molecule has 0 heterocycles. The van der Waals surface area contributed by atoms with Gasteiger partial charge in [-0.1, -0.05) is 24.3 Å². The monoisotopic (exact) mass is 238 g/mol. The van der Waals surface area contributed by atoms with Gasteiger partial charge in [0.05, 0.1) is 5.56 Å². The summed E-state index contributed by atoms with van der Waals surface area (Å²) in [6, 6.07) is 14.0. The van der Waals surface area contributed by atoms with E-state index in [1.54, 1.807) is 18.2 Å². The summed E-state index contributed by atoms with van der Waals surface area (Å²) in [5.41, 5.74) is 0.281. The zero-order chi connectivity index (χ0) is 12.7. The predicted octanol–water partition coefficient (Wildman–Crippen LogP) is 3.40. The van der Waals surface area contributed by atoms with E-state index in [4.69, 9.17) is 0 Å². The number of aromatic hydroxyl groups is 1. The van der Waals surface area contributed by atoms with Gasteiger partial charge in [-0.05, 0) is 45.8 Å². The molecule has 3 aromatic rings. The molecule has 0 bridgehead atoms. The van der Waals surface area contributed by atoms with E-state index in [1.165, 1.54) is 6.07 Å². The highest BCUT2D eigenvalue weighted by atomic mass is 16.4. The highest BCUT2D eigenvalue weighted by Crippen LogP contribution is 2.30. The molecule has 3 rings (SSSR count). The molecule has 0 radical (unpaired) electrons. The van der Waals surface area contributed by atoms with Crippen LogP contribution < -0.4 is 0 Å². The molecule has 0 aliphatic carbocycles. The Morgan fingerprint density at radius 2 is 1.61 bits per heavy atom. The molecule has 0 amide bonds. The van der Waals surface area contributed by atoms with Gasteiger partial charge in [0.15, 0.2) is 0 Å². The van der Waals surface area contributed by atoms with Crippen LogP contribution in [0, 0.1) is 0 Å². The van der Waals surface area contributed by atoms with Gasteiger partial charge in [-0.15, -0.1) is 0 Å². The van der Waals surface area contributed by atoms with Crippen molar-refractivity contribution in [2.45, 2.75) is 0 Å². The fourth-order valence-corrected chi connectivity index (χ4v) is 2.29. The van der Waals surface area contributed by atoms with Crippen molar-refractivity contribution < 1.29 is 15.0 Å². The lowest BCUT2D eigenvalue weighted by Crippen LogP contribution is -1.99. The first-order valence-corrected chi connectivity index (χ1v) is 5.54. The first-order valence-electron chi connectivity index (χ1n) is 5.54. The number of phenols is 1. The Morgan fingerprint density at radius 3 is 2.39 bits per heavy atom. The van der Waals surface area contributed by atoms with Crippen molar-refractivity contribution in [1.29, 1.82) is 0 Å². The molecule has 0 aliphatic heterocycles. The maximum absolute atomic E-state index is 11.5. The lowest BCUT2D eigenvalue weighted by Gasteiger charge is -2.08. The zero-order valence-corrected chi connectivity index (χ0v) is 9.42. The molecule has 0 saturated carbocycles. The summed E-state index contributed by atoms with van der Waals surface area (Å²) in [5, 5.41) is 21.8. The van der Waals surface area contributed by atoms with Crippen LogP contribution in [-0.2, 0) is 0 Å². The molecule has 0 atom stereocenters. The molecule has 18 heavy (non-hydrogen) atoms. The van der Waals surface area contributed by atoms with Crippen molar-refractivity contribution in [3.63, 3.8) is 0 Å². The summed E-state index contributed by atoms with van der Waals surface area (Å²) < 4.78 is 0. The van der Waals surface area contributed by atoms with Crippen molar-refractivity contribution in [1.82, 2.24) is 0 Å². The summed E-state index contributed by atoms with van der Waals surface area (Å²) >= 11 is 0. The SMILES string of the molecule is O=C(O)c1c2ccccc2cc2cc(O)ccc12. The molecule has 3 aromatic carbocycles. The number of aromatic carboxylic acids is 1. The van der Waals surface area contributed by atoms with Crippen LogP contribution in [0.1, 0.15) is 10.4 Å². The van der Waals surface area contributed by atoms with E-state index in [9.17, 15) is 15.0 Å². The number of phenolic OH excluding ortho intramolecular Hbond substituents is 1. The molecule has 0 aromatic heterocycles. The largest absolute Gasteiger partial charge is 0.508 e. The molecule has 3 nitrogen and oxygen atoms in total. The minimum absolute atomic E-state index is 0.133. The molecule has 0 spiro atoms. The number of carboxylic acids is 1. The van der Waals surface area contributed by atoms with Crippen LogP contribution in [0.2, 0.25) is 0 Å². The number of carboxylic acid groups (broad SMARTS) is 1. The van der Waals surface area contributed by atoms with E-state index >= 15 is 0 Å². The Balaban J connectivity index is 2.58. The summed E-state index contributed by atoms with van der Waals surface area (Å²) in [6.45, 7) is 0. The van der Waals surface area contributed by atoms with Gasteiger partial charge in [0.2, 0.25) is 0 Å². The average Bonchev–Trinajstić information content (AvgIpc) is 2.35. The second-order valence-electron chi connectivity index (χ2n) is 4.18. The van der Waals surface area contributed by atoms with Crippen LogP contribution in [0.15, 0.2) is 48.5 Å². The van der Waals surface area contributed by atoms with Crippen LogP contribution in [0.25, 0.3) is 21.5 Å². The highest BCUT2D eigenvalue weighted by molar-refractivity contribution is 6.16. The Labute approximate surface area is 103 Å². The summed E-state index contributed by atoms with van der Waals surface area (Å²) in [6.07, 6.45) is 0. The predicted molar refractivity (Wildman–Crippen MR) is 70.1 cm³/mol. The van der Waals surface area contributed by atoms with Gasteiger partial charge in [-0.25, -0.2) is 4.79 Å². The van der Waals surface area contributed by atoms with E-state index < -0.39 is 5.97 Å². The zero-order valence-electron chi connectivity index (χ0n) is 9.42. The molecule has 3 heteroatoms. The van der Waals surface area contributed by atoms with Crippen LogP contribution in [0.5, 0.6) is 5.75 Å². The molecule has 88 valence electrons. The Hall–Kier alpha value is -2.55. The van der Waals surface area contributed by atoms with Crippen molar-refractivity contribution in [3.8, 4) is 5.75 Å². The number of benzene rings is 3. The second-order valence-corrected chi connectivity index (χ2v) is 4.18. The Kier molecular flexibility index (Phi) is 2.20. The molecular weight excluding hydrogens is 228 g/mol. The van der Waals surface area contributed by atoms with Crippen molar-refractivity contribution in [3.05, 3.63) is 54.1 Å². The van der Waals surface area contributed by atoms with Crippen LogP contribution >= 0.6 is 0 Å². The number of carbonyl (C=O) groups is 1. The topological polar surface area (TPSA) is 57.5 Å². The van der Waals surface area contributed by atoms with Crippen LogP contribution in [0.4, 0.5) is 0 Å². The van der Waals surface area contributed by atoms with Gasteiger partial charge < -0.3 is 10.2 Å². The third-order valence-corrected chi connectivity index (χ3v) is 3.06. The lowest BCUT2D eigenvalue weighted by molar-refractivity contribution is 0.0701. The maximum Gasteiger partial charge on any atom is 0.336 e. The maximum atomic E-state index is 11.5. The number of fused-ring (bicyclic) bond motifs is 2. The van der Waals surface area contributed by atoms with Crippen LogP contribution in [-0.4, -0.2) is 16.2 Å². The first kappa shape index (κ1) is 10.6. The van der Waals surface area contributed by atoms with Crippen molar-refractivity contribution >= 4 is 27.5 Å². The van der Waals surface area contributed by atoms with Crippen molar-refractivity contribution in [2.75, 3.05) is 0 Å². The Bertz CT molecular complexity index is 775. The first-order chi connectivity index (χ1) is 8.66. The van der Waals surface area contributed by atoms with Gasteiger partial charge in [0.25, 0.3) is 0 Å². The minimum atomic E-state index is -0.956. The van der Waals surface area contributed by atoms with Gasteiger partial charge >= 0.3 is 5.97 Å². The van der Waals surface area contributed by atoms with E-state index in [2.05, 4.69) is 0 Å². The van der Waals surface area contributed by atoms with E-state index in [1.807, 2.05) is 24.3 Å². The summed E-state index contributed by atoms with van der Waals surface area (Å²) in [5.74, 6) is -0.823. The molecule has 0 fully saturated rings. The third-order valence-electron chi connectivity index (χ3n) is 3.06. The summed E-state index contributed by atoms with van der Waals surface area (Å²) in [4.78, 5) is 11.5. The number of hydrogen-bond donors (Lipinski definition) is 2. The lowest BCUT2D eigenvalue weighted by atomic mass is 9.97. The van der Waals surface area contributed by atoms with E-state index in [0.29, 0.717) is 10.8 Å². The van der Waals surface area contributed by atoms with Gasteiger partial charge in [-0.2, -0.15) is 0 Å². The molecule has 0 aliphatic rings. The smallest absolute Gasteiger partial charge is 0.336 e. The quantitative estimate of drug-likeness (QED) is 0.639. The number of rotatable bonds is 1. The fraction of sp³-hybridized carbons (Fsp3) is 0. The normalized spacial score (nSPS) is 10.9. The van der Waals surface area contributed by atoms with E-state index in [0.717, 1.165) is 10.8 Å². The van der Waals surface area contributed by atoms with E-state index in [-0.39, 0.29) is 11.3 Å².